The van der Waals surface area contributed by atoms with Gasteiger partial charge in [0.1, 0.15) is 0 Å². The number of hydrogen-bond acceptors (Lipinski definition) is 6. The van der Waals surface area contributed by atoms with Crippen LogP contribution in [0.2, 0.25) is 0 Å². The topological polar surface area (TPSA) is 51.0 Å². The molecule has 1 aliphatic heterocycles. The van der Waals surface area contributed by atoms with Crippen molar-refractivity contribution in [1.29, 1.82) is 0 Å². The molecule has 1 aromatic heterocycles. The third kappa shape index (κ3) is 3.63. The van der Waals surface area contributed by atoms with Crippen LogP contribution in [0, 0.1) is 0 Å². The average Bonchev–Trinajstić information content (AvgIpc) is 2.79. The predicted octanol–water partition coefficient (Wildman–Crippen LogP) is 2.48. The molecule has 1 fully saturated rings. The molecule has 0 bridgehead atoms. The van der Waals surface area contributed by atoms with Gasteiger partial charge in [0.25, 0.3) is 0 Å². The number of nitrogens with one attached hydrogen (secondary N) is 1. The van der Waals surface area contributed by atoms with Gasteiger partial charge < -0.3 is 9.84 Å². The van der Waals surface area contributed by atoms with Gasteiger partial charge in [-0.15, -0.1) is 11.8 Å². The van der Waals surface area contributed by atoms with Gasteiger partial charge in [0.15, 0.2) is 5.82 Å². The van der Waals surface area contributed by atoms with Crippen molar-refractivity contribution in [1.82, 2.24) is 15.5 Å². The lowest BCUT2D eigenvalue weighted by Gasteiger charge is -2.24. The Morgan fingerprint density at radius 2 is 2.24 bits per heavy atom. The summed E-state index contributed by atoms with van der Waals surface area (Å²) in [5.74, 6) is 3.97. The third-order valence-corrected chi connectivity index (χ3v) is 5.72. The van der Waals surface area contributed by atoms with Gasteiger partial charge in [-0.1, -0.05) is 19.0 Å². The normalized spacial score (nSPS) is 25.1. The summed E-state index contributed by atoms with van der Waals surface area (Å²) in [6.07, 6.45) is 1.12. The molecule has 0 spiro atoms. The van der Waals surface area contributed by atoms with Crippen LogP contribution in [0.1, 0.15) is 37.2 Å². The highest BCUT2D eigenvalue weighted by atomic mass is 32.2. The first-order valence-corrected chi connectivity index (χ1v) is 8.17. The molecule has 0 radical (unpaired) electrons. The van der Waals surface area contributed by atoms with Gasteiger partial charge >= 0.3 is 0 Å². The lowest BCUT2D eigenvalue weighted by molar-refractivity contribution is 0.362. The van der Waals surface area contributed by atoms with Crippen molar-refractivity contribution in [3.05, 3.63) is 11.7 Å². The smallest absolute Gasteiger partial charge is 0.240 e. The fraction of sp³-hybridized carbons (Fsp3) is 0.818. The van der Waals surface area contributed by atoms with Gasteiger partial charge in [0, 0.05) is 16.8 Å². The van der Waals surface area contributed by atoms with E-state index >= 15 is 0 Å². The van der Waals surface area contributed by atoms with Gasteiger partial charge in [0.05, 0.1) is 11.8 Å². The summed E-state index contributed by atoms with van der Waals surface area (Å²) in [6, 6.07) is 0. The number of nitrogens with zero attached hydrogens (tertiary/aromatic N) is 2. The maximum Gasteiger partial charge on any atom is 0.240 e. The molecule has 2 rings (SSSR count). The first-order chi connectivity index (χ1) is 8.31. The summed E-state index contributed by atoms with van der Waals surface area (Å²) in [7, 11) is 0. The monoisotopic (exact) mass is 273 g/mol. The van der Waals surface area contributed by atoms with E-state index in [-0.39, 0.29) is 0 Å². The molecule has 1 N–H and O–H groups in total. The third-order valence-electron chi connectivity index (χ3n) is 2.63. The maximum atomic E-state index is 5.27. The predicted molar refractivity (Wildman–Crippen MR) is 73.4 cm³/mol. The minimum atomic E-state index is 0.387. The average molecular weight is 273 g/mol. The van der Waals surface area contributed by atoms with Crippen LogP contribution in [0.25, 0.3) is 0 Å². The summed E-state index contributed by atoms with van der Waals surface area (Å²) in [5.41, 5.74) is 0. The van der Waals surface area contributed by atoms with Gasteiger partial charge in [-0.25, -0.2) is 0 Å². The van der Waals surface area contributed by atoms with Crippen molar-refractivity contribution in [2.75, 3.05) is 18.1 Å². The van der Waals surface area contributed by atoms with Crippen LogP contribution >= 0.6 is 23.5 Å². The molecule has 0 aliphatic carbocycles. The fourth-order valence-corrected chi connectivity index (χ4v) is 4.42. The van der Waals surface area contributed by atoms with Crippen LogP contribution in [0.5, 0.6) is 0 Å². The van der Waals surface area contributed by atoms with E-state index in [0.717, 1.165) is 18.8 Å². The molecule has 96 valence electrons. The Morgan fingerprint density at radius 1 is 1.41 bits per heavy atom. The number of hydrogen-bond donors (Lipinski definition) is 1. The minimum Gasteiger partial charge on any atom is -0.338 e. The van der Waals surface area contributed by atoms with Crippen molar-refractivity contribution in [2.24, 2.45) is 0 Å². The van der Waals surface area contributed by atoms with E-state index in [0.29, 0.717) is 22.9 Å². The highest BCUT2D eigenvalue weighted by molar-refractivity contribution is 8.06. The molecule has 0 saturated carbocycles. The van der Waals surface area contributed by atoms with Crippen LogP contribution < -0.4 is 5.32 Å². The highest BCUT2D eigenvalue weighted by Crippen LogP contribution is 2.40. The molecule has 2 heterocycles. The largest absolute Gasteiger partial charge is 0.338 e. The molecule has 0 aromatic carbocycles. The summed E-state index contributed by atoms with van der Waals surface area (Å²) in [4.78, 5) is 4.48. The Labute approximate surface area is 111 Å². The van der Waals surface area contributed by atoms with Crippen LogP contribution in [0.4, 0.5) is 0 Å². The highest BCUT2D eigenvalue weighted by Gasteiger charge is 2.28. The van der Waals surface area contributed by atoms with Crippen LogP contribution in [-0.4, -0.2) is 33.4 Å². The van der Waals surface area contributed by atoms with E-state index in [1.807, 2.05) is 23.5 Å². The van der Waals surface area contributed by atoms with Gasteiger partial charge in [0.2, 0.25) is 5.89 Å². The zero-order chi connectivity index (χ0) is 12.1. The van der Waals surface area contributed by atoms with Crippen molar-refractivity contribution in [3.8, 4) is 0 Å². The molecule has 2 unspecified atom stereocenters. The molecule has 0 amide bonds. The standard InChI is InChI=1S/C11H19N3OS2/c1-3-4-12-7-9-13-11(14-15-9)10-8(2)16-5-6-17-10/h8,10,12H,3-7H2,1-2H3. The second-order valence-electron chi connectivity index (χ2n) is 4.09. The molecular formula is C11H19N3OS2. The van der Waals surface area contributed by atoms with E-state index in [1.54, 1.807) is 0 Å². The number of thioether (sulfide) groups is 2. The molecule has 2 atom stereocenters. The van der Waals surface area contributed by atoms with Gasteiger partial charge in [-0.2, -0.15) is 16.7 Å². The second kappa shape index (κ2) is 6.66. The molecule has 1 aromatic rings. The Balaban J connectivity index is 1.92. The second-order valence-corrected chi connectivity index (χ2v) is 6.82. The van der Waals surface area contributed by atoms with Crippen LogP contribution in [0.3, 0.4) is 0 Å². The van der Waals surface area contributed by atoms with Gasteiger partial charge in [-0.3, -0.25) is 0 Å². The van der Waals surface area contributed by atoms with E-state index in [4.69, 9.17) is 4.52 Å². The SMILES string of the molecule is CCCNCc1nc(C2SCCSC2C)no1. The number of rotatable bonds is 5. The zero-order valence-corrected chi connectivity index (χ0v) is 11.9. The first kappa shape index (κ1) is 13.2. The Kier molecular flexibility index (Phi) is 5.18. The van der Waals surface area contributed by atoms with Crippen molar-refractivity contribution < 1.29 is 4.52 Å². The Morgan fingerprint density at radius 3 is 3.00 bits per heavy atom. The Hall–Kier alpha value is -0.200. The van der Waals surface area contributed by atoms with E-state index in [9.17, 15) is 0 Å². The molecule has 1 saturated heterocycles. The minimum absolute atomic E-state index is 0.387. The molecule has 1 aliphatic rings. The van der Waals surface area contributed by atoms with E-state index in [2.05, 4.69) is 29.3 Å². The molecule has 4 nitrogen and oxygen atoms in total. The maximum absolute atomic E-state index is 5.27. The molecular weight excluding hydrogens is 254 g/mol. The summed E-state index contributed by atoms with van der Waals surface area (Å²) < 4.78 is 5.27. The lowest BCUT2D eigenvalue weighted by Crippen LogP contribution is -2.17. The summed E-state index contributed by atoms with van der Waals surface area (Å²) in [5, 5.41) is 8.34. The van der Waals surface area contributed by atoms with E-state index in [1.165, 1.54) is 11.5 Å². The lowest BCUT2D eigenvalue weighted by atomic mass is 10.3. The summed E-state index contributed by atoms with van der Waals surface area (Å²) >= 11 is 3.93. The van der Waals surface area contributed by atoms with Gasteiger partial charge in [-0.05, 0) is 13.0 Å². The van der Waals surface area contributed by atoms with Crippen molar-refractivity contribution in [3.63, 3.8) is 0 Å². The van der Waals surface area contributed by atoms with Crippen molar-refractivity contribution >= 4 is 23.5 Å². The fourth-order valence-electron chi connectivity index (χ4n) is 1.74. The van der Waals surface area contributed by atoms with E-state index < -0.39 is 0 Å². The molecule has 17 heavy (non-hydrogen) atoms. The van der Waals surface area contributed by atoms with Crippen LogP contribution in [0.15, 0.2) is 4.52 Å². The summed E-state index contributed by atoms with van der Waals surface area (Å²) in [6.45, 7) is 6.05. The molecule has 6 heteroatoms. The quantitative estimate of drug-likeness (QED) is 0.832. The zero-order valence-electron chi connectivity index (χ0n) is 10.3. The van der Waals surface area contributed by atoms with Crippen LogP contribution in [-0.2, 0) is 6.54 Å². The van der Waals surface area contributed by atoms with Crippen molar-refractivity contribution in [2.45, 2.75) is 37.3 Å². The number of aromatic nitrogens is 2. The Bertz CT molecular complexity index is 345. The first-order valence-electron chi connectivity index (χ1n) is 6.07.